The van der Waals surface area contributed by atoms with Gasteiger partial charge in [0.15, 0.2) is 0 Å². The summed E-state index contributed by atoms with van der Waals surface area (Å²) in [7, 11) is 0. The Labute approximate surface area is 115 Å². The van der Waals surface area contributed by atoms with Crippen molar-refractivity contribution in [3.63, 3.8) is 0 Å². The van der Waals surface area contributed by atoms with Crippen molar-refractivity contribution in [2.24, 2.45) is 11.8 Å². The van der Waals surface area contributed by atoms with Crippen LogP contribution in [0, 0.1) is 11.8 Å². The average molecular weight is 254 g/mol. The molecule has 2 atom stereocenters. The standard InChI is InChI=1S/C16H34N2/c1-5-7-16-8-6-10-18(11-9-16)15(4)13-17-12-14(2)3/h14-17H,5-13H2,1-4H3. The third kappa shape index (κ3) is 6.19. The molecule has 108 valence electrons. The number of likely N-dealkylation sites (tertiary alicyclic amines) is 1. The molecule has 0 aromatic rings. The number of hydrogen-bond donors (Lipinski definition) is 1. The van der Waals surface area contributed by atoms with E-state index in [2.05, 4.69) is 37.9 Å². The van der Waals surface area contributed by atoms with Gasteiger partial charge >= 0.3 is 0 Å². The predicted molar refractivity (Wildman–Crippen MR) is 81.0 cm³/mol. The van der Waals surface area contributed by atoms with Gasteiger partial charge in [0.2, 0.25) is 0 Å². The molecule has 0 aromatic carbocycles. The van der Waals surface area contributed by atoms with Crippen LogP contribution in [0.3, 0.4) is 0 Å². The van der Waals surface area contributed by atoms with Crippen molar-refractivity contribution in [2.75, 3.05) is 26.2 Å². The SMILES string of the molecule is CCCC1CCCN(C(C)CNCC(C)C)CC1. The van der Waals surface area contributed by atoms with Crippen molar-refractivity contribution in [3.8, 4) is 0 Å². The summed E-state index contributed by atoms with van der Waals surface area (Å²) < 4.78 is 0. The van der Waals surface area contributed by atoms with Crippen LogP contribution in [-0.2, 0) is 0 Å². The van der Waals surface area contributed by atoms with Gasteiger partial charge in [-0.2, -0.15) is 0 Å². The summed E-state index contributed by atoms with van der Waals surface area (Å²) >= 11 is 0. The van der Waals surface area contributed by atoms with Gasteiger partial charge in [0.1, 0.15) is 0 Å². The van der Waals surface area contributed by atoms with Crippen molar-refractivity contribution in [1.82, 2.24) is 10.2 Å². The molecule has 0 radical (unpaired) electrons. The fraction of sp³-hybridized carbons (Fsp3) is 1.00. The molecule has 1 saturated heterocycles. The molecule has 0 aliphatic carbocycles. The zero-order valence-corrected chi connectivity index (χ0v) is 13.0. The number of nitrogens with one attached hydrogen (secondary N) is 1. The molecule has 0 amide bonds. The molecular weight excluding hydrogens is 220 g/mol. The van der Waals surface area contributed by atoms with E-state index in [0.29, 0.717) is 6.04 Å². The van der Waals surface area contributed by atoms with E-state index in [0.717, 1.165) is 24.9 Å². The minimum absolute atomic E-state index is 0.698. The zero-order chi connectivity index (χ0) is 13.4. The van der Waals surface area contributed by atoms with E-state index in [-0.39, 0.29) is 0 Å². The average Bonchev–Trinajstić information content (AvgIpc) is 2.54. The minimum Gasteiger partial charge on any atom is -0.315 e. The summed E-state index contributed by atoms with van der Waals surface area (Å²) in [6, 6.07) is 0.698. The second-order valence-electron chi connectivity index (χ2n) is 6.52. The number of nitrogens with zero attached hydrogens (tertiary/aromatic N) is 1. The smallest absolute Gasteiger partial charge is 0.0192 e. The van der Waals surface area contributed by atoms with Gasteiger partial charge in [-0.05, 0) is 57.7 Å². The molecule has 0 spiro atoms. The Hall–Kier alpha value is -0.0800. The summed E-state index contributed by atoms with van der Waals surface area (Å²) in [6.45, 7) is 14.2. The molecule has 0 bridgehead atoms. The molecule has 1 fully saturated rings. The Morgan fingerprint density at radius 2 is 1.89 bits per heavy atom. The van der Waals surface area contributed by atoms with Crippen LogP contribution in [0.2, 0.25) is 0 Å². The molecule has 1 aliphatic rings. The molecule has 2 unspecified atom stereocenters. The Morgan fingerprint density at radius 3 is 2.56 bits per heavy atom. The summed E-state index contributed by atoms with van der Waals surface area (Å²) in [5, 5.41) is 3.60. The van der Waals surface area contributed by atoms with Crippen LogP contribution in [0.15, 0.2) is 0 Å². The van der Waals surface area contributed by atoms with Crippen LogP contribution in [0.5, 0.6) is 0 Å². The predicted octanol–water partition coefficient (Wildman–Crippen LogP) is 3.52. The maximum absolute atomic E-state index is 3.60. The first-order valence-corrected chi connectivity index (χ1v) is 8.08. The maximum Gasteiger partial charge on any atom is 0.0192 e. The first-order valence-electron chi connectivity index (χ1n) is 8.08. The molecule has 1 rings (SSSR count). The second-order valence-corrected chi connectivity index (χ2v) is 6.52. The van der Waals surface area contributed by atoms with Crippen LogP contribution < -0.4 is 5.32 Å². The number of rotatable bonds is 7. The summed E-state index contributed by atoms with van der Waals surface area (Å²) in [5.41, 5.74) is 0. The van der Waals surface area contributed by atoms with Crippen LogP contribution in [-0.4, -0.2) is 37.1 Å². The van der Waals surface area contributed by atoms with E-state index in [1.165, 1.54) is 45.2 Å². The third-order valence-corrected chi connectivity index (χ3v) is 4.19. The third-order valence-electron chi connectivity index (χ3n) is 4.19. The summed E-state index contributed by atoms with van der Waals surface area (Å²) in [5.74, 6) is 1.76. The fourth-order valence-corrected chi connectivity index (χ4v) is 3.04. The van der Waals surface area contributed by atoms with E-state index in [4.69, 9.17) is 0 Å². The van der Waals surface area contributed by atoms with Gasteiger partial charge in [-0.15, -0.1) is 0 Å². The van der Waals surface area contributed by atoms with Crippen LogP contribution in [0.1, 0.15) is 59.8 Å². The van der Waals surface area contributed by atoms with E-state index in [1.54, 1.807) is 0 Å². The van der Waals surface area contributed by atoms with E-state index in [9.17, 15) is 0 Å². The molecule has 0 saturated carbocycles. The fourth-order valence-electron chi connectivity index (χ4n) is 3.04. The molecule has 1 N–H and O–H groups in total. The molecule has 2 heteroatoms. The van der Waals surface area contributed by atoms with Gasteiger partial charge in [-0.3, -0.25) is 4.90 Å². The van der Waals surface area contributed by atoms with Crippen LogP contribution >= 0.6 is 0 Å². The van der Waals surface area contributed by atoms with Crippen molar-refractivity contribution < 1.29 is 0 Å². The molecule has 2 nitrogen and oxygen atoms in total. The topological polar surface area (TPSA) is 15.3 Å². The highest BCUT2D eigenvalue weighted by Gasteiger charge is 2.19. The normalized spacial score (nSPS) is 24.2. The van der Waals surface area contributed by atoms with Gasteiger partial charge in [0.25, 0.3) is 0 Å². The highest BCUT2D eigenvalue weighted by Crippen LogP contribution is 2.22. The summed E-state index contributed by atoms with van der Waals surface area (Å²) in [6.07, 6.45) is 7.07. The molecule has 0 aromatic heterocycles. The Kier molecular flexibility index (Phi) is 7.92. The lowest BCUT2D eigenvalue weighted by Crippen LogP contribution is -2.41. The van der Waals surface area contributed by atoms with Crippen molar-refractivity contribution >= 4 is 0 Å². The van der Waals surface area contributed by atoms with Gasteiger partial charge in [0, 0.05) is 12.6 Å². The van der Waals surface area contributed by atoms with Gasteiger partial charge in [-0.1, -0.05) is 33.6 Å². The minimum atomic E-state index is 0.698. The molecule has 18 heavy (non-hydrogen) atoms. The largest absolute Gasteiger partial charge is 0.315 e. The lowest BCUT2D eigenvalue weighted by Gasteiger charge is -2.28. The first-order chi connectivity index (χ1) is 8.63. The summed E-state index contributed by atoms with van der Waals surface area (Å²) in [4.78, 5) is 2.70. The van der Waals surface area contributed by atoms with Crippen molar-refractivity contribution in [2.45, 2.75) is 65.8 Å². The maximum atomic E-state index is 3.60. The Morgan fingerprint density at radius 1 is 1.11 bits per heavy atom. The highest BCUT2D eigenvalue weighted by atomic mass is 15.2. The van der Waals surface area contributed by atoms with Gasteiger partial charge < -0.3 is 5.32 Å². The molecule has 1 aliphatic heterocycles. The lowest BCUT2D eigenvalue weighted by molar-refractivity contribution is 0.208. The lowest BCUT2D eigenvalue weighted by atomic mass is 9.96. The van der Waals surface area contributed by atoms with E-state index >= 15 is 0 Å². The van der Waals surface area contributed by atoms with Crippen molar-refractivity contribution in [1.29, 1.82) is 0 Å². The highest BCUT2D eigenvalue weighted by molar-refractivity contribution is 4.75. The molecule has 1 heterocycles. The van der Waals surface area contributed by atoms with Gasteiger partial charge in [-0.25, -0.2) is 0 Å². The monoisotopic (exact) mass is 254 g/mol. The van der Waals surface area contributed by atoms with E-state index in [1.807, 2.05) is 0 Å². The zero-order valence-electron chi connectivity index (χ0n) is 13.0. The van der Waals surface area contributed by atoms with Crippen molar-refractivity contribution in [3.05, 3.63) is 0 Å². The number of hydrogen-bond acceptors (Lipinski definition) is 2. The van der Waals surface area contributed by atoms with Crippen LogP contribution in [0.4, 0.5) is 0 Å². The Balaban J connectivity index is 2.24. The van der Waals surface area contributed by atoms with Crippen LogP contribution in [0.25, 0.3) is 0 Å². The molecular formula is C16H34N2. The first kappa shape index (κ1) is 16.0. The Bertz CT molecular complexity index is 203. The van der Waals surface area contributed by atoms with E-state index < -0.39 is 0 Å². The quantitative estimate of drug-likeness (QED) is 0.748. The second kappa shape index (κ2) is 8.92. The van der Waals surface area contributed by atoms with Gasteiger partial charge in [0.05, 0.1) is 0 Å².